The Kier molecular flexibility index (Phi) is 4.62. The number of allylic oxidation sites excluding steroid dienone is 2. The number of ketones is 1. The summed E-state index contributed by atoms with van der Waals surface area (Å²) in [4.78, 5) is 15.8. The maximum absolute atomic E-state index is 11.6. The Morgan fingerprint density at radius 1 is 1.33 bits per heavy atom. The SMILES string of the molecule is NC1=CC(=Nc2ccc(O)cc2Cl)C(OCCO)=CC1=O. The van der Waals surface area contributed by atoms with E-state index in [1.165, 1.54) is 30.4 Å². The highest BCUT2D eigenvalue weighted by Gasteiger charge is 2.18. The molecule has 0 aromatic heterocycles. The highest BCUT2D eigenvalue weighted by atomic mass is 35.5. The first-order valence-electron chi connectivity index (χ1n) is 6.05. The monoisotopic (exact) mass is 308 g/mol. The predicted octanol–water partition coefficient (Wildman–Crippen LogP) is 1.44. The summed E-state index contributed by atoms with van der Waals surface area (Å²) in [7, 11) is 0. The van der Waals surface area contributed by atoms with Gasteiger partial charge in [0.2, 0.25) is 5.78 Å². The molecular formula is C14H13ClN2O4. The van der Waals surface area contributed by atoms with Crippen LogP contribution in [0.2, 0.25) is 5.02 Å². The van der Waals surface area contributed by atoms with Crippen LogP contribution in [0.25, 0.3) is 0 Å². The first kappa shape index (κ1) is 15.1. The number of carbonyl (C=O) groups is 1. The number of hydrogen-bond donors (Lipinski definition) is 3. The Balaban J connectivity index is 2.39. The molecule has 0 saturated heterocycles. The standard InChI is InChI=1S/C14H13ClN2O4/c15-9-5-8(19)1-2-11(9)17-12-6-10(16)13(20)7-14(12)21-4-3-18/h1-2,5-7,18-19H,3-4,16H2. The van der Waals surface area contributed by atoms with Crippen molar-refractivity contribution < 1.29 is 19.7 Å². The van der Waals surface area contributed by atoms with E-state index in [0.717, 1.165) is 0 Å². The van der Waals surface area contributed by atoms with Crippen LogP contribution in [-0.4, -0.2) is 34.9 Å². The molecule has 110 valence electrons. The van der Waals surface area contributed by atoms with Gasteiger partial charge >= 0.3 is 0 Å². The lowest BCUT2D eigenvalue weighted by molar-refractivity contribution is -0.111. The Morgan fingerprint density at radius 2 is 2.10 bits per heavy atom. The van der Waals surface area contributed by atoms with Gasteiger partial charge in [-0.15, -0.1) is 0 Å². The van der Waals surface area contributed by atoms with Crippen LogP contribution in [0.5, 0.6) is 5.75 Å². The largest absolute Gasteiger partial charge is 0.508 e. The summed E-state index contributed by atoms with van der Waals surface area (Å²) in [5.41, 5.74) is 6.31. The lowest BCUT2D eigenvalue weighted by Gasteiger charge is -2.14. The lowest BCUT2D eigenvalue weighted by Crippen LogP contribution is -2.20. The van der Waals surface area contributed by atoms with Gasteiger partial charge in [-0.25, -0.2) is 4.99 Å². The van der Waals surface area contributed by atoms with Crippen molar-refractivity contribution in [2.45, 2.75) is 0 Å². The van der Waals surface area contributed by atoms with Gasteiger partial charge in [-0.05, 0) is 18.2 Å². The normalized spacial score (nSPS) is 16.7. The quantitative estimate of drug-likeness (QED) is 0.730. The predicted molar refractivity (Wildman–Crippen MR) is 78.6 cm³/mol. The molecule has 0 heterocycles. The number of phenols is 1. The van der Waals surface area contributed by atoms with Gasteiger partial charge in [-0.1, -0.05) is 11.6 Å². The molecule has 0 saturated carbocycles. The average Bonchev–Trinajstić information content (AvgIpc) is 2.44. The van der Waals surface area contributed by atoms with Crippen LogP contribution in [0.4, 0.5) is 5.69 Å². The maximum atomic E-state index is 11.6. The molecule has 2 rings (SSSR count). The zero-order valence-electron chi connectivity index (χ0n) is 10.9. The molecule has 1 aliphatic rings. The van der Waals surface area contributed by atoms with Gasteiger partial charge in [0.15, 0.2) is 0 Å². The summed E-state index contributed by atoms with van der Waals surface area (Å²) < 4.78 is 5.27. The van der Waals surface area contributed by atoms with Gasteiger partial charge in [0.25, 0.3) is 0 Å². The Labute approximate surface area is 125 Å². The van der Waals surface area contributed by atoms with Gasteiger partial charge in [0.1, 0.15) is 23.8 Å². The zero-order valence-corrected chi connectivity index (χ0v) is 11.7. The van der Waals surface area contributed by atoms with Gasteiger partial charge in [0.05, 0.1) is 23.0 Å². The fourth-order valence-electron chi connectivity index (χ4n) is 1.64. The fraction of sp³-hybridized carbons (Fsp3) is 0.143. The molecule has 0 radical (unpaired) electrons. The second-order valence-corrected chi connectivity index (χ2v) is 4.58. The van der Waals surface area contributed by atoms with Crippen LogP contribution in [0.3, 0.4) is 0 Å². The number of aromatic hydroxyl groups is 1. The van der Waals surface area contributed by atoms with Gasteiger partial charge < -0.3 is 20.7 Å². The third kappa shape index (κ3) is 3.62. The van der Waals surface area contributed by atoms with Crippen LogP contribution in [0.15, 0.2) is 46.8 Å². The Morgan fingerprint density at radius 3 is 2.76 bits per heavy atom. The third-order valence-corrected chi connectivity index (χ3v) is 2.92. The summed E-state index contributed by atoms with van der Waals surface area (Å²) in [6.45, 7) is -0.173. The lowest BCUT2D eigenvalue weighted by atomic mass is 10.1. The number of aliphatic imine (C=N–C) groups is 1. The van der Waals surface area contributed by atoms with E-state index >= 15 is 0 Å². The molecule has 0 aliphatic heterocycles. The fourth-order valence-corrected chi connectivity index (χ4v) is 1.86. The number of carbonyl (C=O) groups excluding carboxylic acids is 1. The van der Waals surface area contributed by atoms with E-state index in [1.54, 1.807) is 0 Å². The molecule has 4 N–H and O–H groups in total. The minimum absolute atomic E-state index is 0.0186. The number of aliphatic hydroxyl groups excluding tert-OH is 1. The van der Waals surface area contributed by atoms with E-state index in [1.807, 2.05) is 0 Å². The molecule has 1 aromatic carbocycles. The van der Waals surface area contributed by atoms with Gasteiger partial charge in [0, 0.05) is 12.1 Å². The minimum atomic E-state index is -0.390. The Bertz CT molecular complexity index is 665. The average molecular weight is 309 g/mol. The number of benzene rings is 1. The van der Waals surface area contributed by atoms with E-state index < -0.39 is 5.78 Å². The van der Waals surface area contributed by atoms with Crippen molar-refractivity contribution in [3.63, 3.8) is 0 Å². The molecule has 0 amide bonds. The van der Waals surface area contributed by atoms with Gasteiger partial charge in [-0.3, -0.25) is 4.79 Å². The highest BCUT2D eigenvalue weighted by Crippen LogP contribution is 2.29. The zero-order chi connectivity index (χ0) is 15.4. The van der Waals surface area contributed by atoms with Crippen molar-refractivity contribution >= 4 is 28.8 Å². The van der Waals surface area contributed by atoms with Crippen molar-refractivity contribution in [2.24, 2.45) is 10.7 Å². The molecule has 6 nitrogen and oxygen atoms in total. The van der Waals surface area contributed by atoms with Crippen molar-refractivity contribution in [2.75, 3.05) is 13.2 Å². The number of ether oxygens (including phenoxy) is 1. The number of nitrogens with zero attached hydrogens (tertiary/aromatic N) is 1. The van der Waals surface area contributed by atoms with Crippen LogP contribution < -0.4 is 5.73 Å². The molecule has 0 unspecified atom stereocenters. The van der Waals surface area contributed by atoms with Crippen LogP contribution in [0, 0.1) is 0 Å². The number of halogens is 1. The molecule has 0 atom stereocenters. The van der Waals surface area contributed by atoms with Crippen LogP contribution in [0.1, 0.15) is 0 Å². The summed E-state index contributed by atoms with van der Waals surface area (Å²) >= 11 is 5.98. The smallest absolute Gasteiger partial charge is 0.205 e. The minimum Gasteiger partial charge on any atom is -0.508 e. The first-order valence-corrected chi connectivity index (χ1v) is 6.43. The van der Waals surface area contributed by atoms with E-state index in [9.17, 15) is 9.90 Å². The topological polar surface area (TPSA) is 105 Å². The molecule has 21 heavy (non-hydrogen) atoms. The summed E-state index contributed by atoms with van der Waals surface area (Å²) in [6, 6.07) is 4.30. The summed E-state index contributed by atoms with van der Waals surface area (Å²) in [5.74, 6) is -0.170. The van der Waals surface area contributed by atoms with Crippen molar-refractivity contribution in [1.29, 1.82) is 0 Å². The molecule has 0 bridgehead atoms. The van der Waals surface area contributed by atoms with E-state index in [0.29, 0.717) is 11.4 Å². The molecular weight excluding hydrogens is 296 g/mol. The van der Waals surface area contributed by atoms with Crippen molar-refractivity contribution in [3.05, 3.63) is 46.8 Å². The third-order valence-electron chi connectivity index (χ3n) is 2.61. The second-order valence-electron chi connectivity index (χ2n) is 4.18. The highest BCUT2D eigenvalue weighted by molar-refractivity contribution is 6.33. The first-order chi connectivity index (χ1) is 10.0. The van der Waals surface area contributed by atoms with Crippen LogP contribution in [-0.2, 0) is 9.53 Å². The molecule has 0 fully saturated rings. The molecule has 1 aromatic rings. The number of rotatable bonds is 4. The van der Waals surface area contributed by atoms with Crippen molar-refractivity contribution in [1.82, 2.24) is 0 Å². The molecule has 0 spiro atoms. The van der Waals surface area contributed by atoms with E-state index in [2.05, 4.69) is 4.99 Å². The maximum Gasteiger partial charge on any atom is 0.205 e. The number of phenolic OH excluding ortho intramolecular Hbond substituents is 1. The number of hydrogen-bond acceptors (Lipinski definition) is 6. The summed E-state index contributed by atoms with van der Waals surface area (Å²) in [6.07, 6.45) is 2.58. The molecule has 7 heteroatoms. The molecule has 1 aliphatic carbocycles. The van der Waals surface area contributed by atoms with Crippen LogP contribution >= 0.6 is 11.6 Å². The number of nitrogens with two attached hydrogens (primary N) is 1. The van der Waals surface area contributed by atoms with Gasteiger partial charge in [-0.2, -0.15) is 0 Å². The number of aliphatic hydroxyl groups is 1. The van der Waals surface area contributed by atoms with E-state index in [4.69, 9.17) is 27.2 Å². The summed E-state index contributed by atoms with van der Waals surface area (Å²) in [5, 5.41) is 18.4. The van der Waals surface area contributed by atoms with E-state index in [-0.39, 0.29) is 35.4 Å². The second kappa shape index (κ2) is 6.43. The Hall–Kier alpha value is -2.31. The van der Waals surface area contributed by atoms with Crippen molar-refractivity contribution in [3.8, 4) is 5.75 Å².